The lowest BCUT2D eigenvalue weighted by Crippen LogP contribution is -2.30. The van der Waals surface area contributed by atoms with Gasteiger partial charge in [0.1, 0.15) is 0 Å². The molecule has 4 heteroatoms. The molecule has 1 heterocycles. The highest BCUT2D eigenvalue weighted by Gasteiger charge is 2.27. The topological polar surface area (TPSA) is 43.4 Å². The molecule has 0 aromatic carbocycles. The standard InChI is InChI=1S/C14H22N2O2/c1-10(2)18-13-8-5-9-15-14(13)16-11-6-4-7-12(11)17-3/h5,8-12H,4,6-7H2,1-3H3,(H,15,16). The molecule has 0 radical (unpaired) electrons. The van der Waals surface area contributed by atoms with Crippen LogP contribution in [0.1, 0.15) is 33.1 Å². The van der Waals surface area contributed by atoms with Crippen molar-refractivity contribution < 1.29 is 9.47 Å². The molecule has 4 nitrogen and oxygen atoms in total. The Bertz CT molecular complexity index is 382. The summed E-state index contributed by atoms with van der Waals surface area (Å²) in [5, 5.41) is 3.45. The first-order valence-corrected chi connectivity index (χ1v) is 6.61. The molecule has 18 heavy (non-hydrogen) atoms. The normalized spacial score (nSPS) is 23.3. The van der Waals surface area contributed by atoms with E-state index in [0.29, 0.717) is 6.04 Å². The Morgan fingerprint density at radius 1 is 1.39 bits per heavy atom. The van der Waals surface area contributed by atoms with Crippen LogP contribution < -0.4 is 10.1 Å². The van der Waals surface area contributed by atoms with Crippen LogP contribution in [-0.2, 0) is 4.74 Å². The predicted octanol–water partition coefficient (Wildman–Crippen LogP) is 2.85. The summed E-state index contributed by atoms with van der Waals surface area (Å²) in [6.07, 6.45) is 5.64. The van der Waals surface area contributed by atoms with E-state index in [1.165, 1.54) is 6.42 Å². The number of hydrogen-bond acceptors (Lipinski definition) is 4. The van der Waals surface area contributed by atoms with Gasteiger partial charge in [-0.15, -0.1) is 0 Å². The van der Waals surface area contributed by atoms with Crippen molar-refractivity contribution >= 4 is 5.82 Å². The van der Waals surface area contributed by atoms with Gasteiger partial charge in [0.05, 0.1) is 18.2 Å². The maximum absolute atomic E-state index is 5.76. The van der Waals surface area contributed by atoms with Crippen LogP contribution in [0.5, 0.6) is 5.75 Å². The van der Waals surface area contributed by atoms with Crippen LogP contribution >= 0.6 is 0 Å². The van der Waals surface area contributed by atoms with Gasteiger partial charge >= 0.3 is 0 Å². The van der Waals surface area contributed by atoms with Gasteiger partial charge in [-0.25, -0.2) is 4.98 Å². The van der Waals surface area contributed by atoms with Gasteiger partial charge < -0.3 is 14.8 Å². The van der Waals surface area contributed by atoms with Crippen molar-refractivity contribution in [2.24, 2.45) is 0 Å². The fraction of sp³-hybridized carbons (Fsp3) is 0.643. The summed E-state index contributed by atoms with van der Waals surface area (Å²) in [6, 6.07) is 4.18. The van der Waals surface area contributed by atoms with Crippen LogP contribution in [0.25, 0.3) is 0 Å². The molecule has 1 fully saturated rings. The van der Waals surface area contributed by atoms with E-state index < -0.39 is 0 Å². The molecule has 0 aliphatic heterocycles. The van der Waals surface area contributed by atoms with Gasteiger partial charge in [0, 0.05) is 13.3 Å². The number of rotatable bonds is 5. The first kappa shape index (κ1) is 13.1. The van der Waals surface area contributed by atoms with Gasteiger partial charge in [-0.3, -0.25) is 0 Å². The van der Waals surface area contributed by atoms with E-state index in [1.54, 1.807) is 13.3 Å². The molecule has 100 valence electrons. The smallest absolute Gasteiger partial charge is 0.169 e. The average Bonchev–Trinajstić information content (AvgIpc) is 2.78. The molecule has 0 spiro atoms. The summed E-state index contributed by atoms with van der Waals surface area (Å²) in [7, 11) is 1.77. The van der Waals surface area contributed by atoms with E-state index in [1.807, 2.05) is 26.0 Å². The van der Waals surface area contributed by atoms with E-state index >= 15 is 0 Å². The molecule has 1 aliphatic carbocycles. The zero-order valence-corrected chi connectivity index (χ0v) is 11.3. The highest BCUT2D eigenvalue weighted by atomic mass is 16.5. The Morgan fingerprint density at radius 2 is 2.22 bits per heavy atom. The van der Waals surface area contributed by atoms with Crippen molar-refractivity contribution in [3.05, 3.63) is 18.3 Å². The van der Waals surface area contributed by atoms with Crippen molar-refractivity contribution in [1.82, 2.24) is 4.98 Å². The third-order valence-corrected chi connectivity index (χ3v) is 3.21. The van der Waals surface area contributed by atoms with Gasteiger partial charge in [0.15, 0.2) is 11.6 Å². The highest BCUT2D eigenvalue weighted by molar-refractivity contribution is 5.50. The number of hydrogen-bond donors (Lipinski definition) is 1. The van der Waals surface area contributed by atoms with Gasteiger partial charge in [-0.05, 0) is 45.2 Å². The Kier molecular flexibility index (Phi) is 4.42. The number of aromatic nitrogens is 1. The van der Waals surface area contributed by atoms with Crippen LogP contribution in [0.2, 0.25) is 0 Å². The molecule has 1 aromatic heterocycles. The number of nitrogens with one attached hydrogen (secondary N) is 1. The quantitative estimate of drug-likeness (QED) is 0.872. The summed E-state index contributed by atoms with van der Waals surface area (Å²) < 4.78 is 11.2. The lowest BCUT2D eigenvalue weighted by molar-refractivity contribution is 0.101. The lowest BCUT2D eigenvalue weighted by atomic mass is 10.2. The van der Waals surface area contributed by atoms with Gasteiger partial charge in [0.25, 0.3) is 0 Å². The highest BCUT2D eigenvalue weighted by Crippen LogP contribution is 2.28. The second kappa shape index (κ2) is 6.05. The second-order valence-corrected chi connectivity index (χ2v) is 4.97. The summed E-state index contributed by atoms with van der Waals surface area (Å²) in [6.45, 7) is 4.04. The molecular weight excluding hydrogens is 228 g/mol. The molecule has 2 atom stereocenters. The molecule has 2 rings (SSSR count). The van der Waals surface area contributed by atoms with Crippen LogP contribution in [0.4, 0.5) is 5.82 Å². The molecule has 1 aromatic rings. The summed E-state index contributed by atoms with van der Waals surface area (Å²) in [5.41, 5.74) is 0. The van der Waals surface area contributed by atoms with E-state index in [9.17, 15) is 0 Å². The zero-order chi connectivity index (χ0) is 13.0. The van der Waals surface area contributed by atoms with Gasteiger partial charge in [-0.2, -0.15) is 0 Å². The Balaban J connectivity index is 2.08. The second-order valence-electron chi connectivity index (χ2n) is 4.97. The number of anilines is 1. The summed E-state index contributed by atoms with van der Waals surface area (Å²) >= 11 is 0. The lowest BCUT2D eigenvalue weighted by Gasteiger charge is -2.22. The maximum Gasteiger partial charge on any atom is 0.169 e. The molecule has 1 aliphatic rings. The number of pyridine rings is 1. The molecule has 0 amide bonds. The van der Waals surface area contributed by atoms with Gasteiger partial charge in [-0.1, -0.05) is 0 Å². The maximum atomic E-state index is 5.76. The summed E-state index contributed by atoms with van der Waals surface area (Å²) in [4.78, 5) is 4.37. The van der Waals surface area contributed by atoms with E-state index in [-0.39, 0.29) is 12.2 Å². The van der Waals surface area contributed by atoms with Crippen LogP contribution in [-0.4, -0.2) is 30.3 Å². The third kappa shape index (κ3) is 3.13. The Morgan fingerprint density at radius 3 is 2.94 bits per heavy atom. The first-order chi connectivity index (χ1) is 8.70. The number of ether oxygens (including phenoxy) is 2. The van der Waals surface area contributed by atoms with E-state index in [0.717, 1.165) is 24.4 Å². The van der Waals surface area contributed by atoms with Crippen molar-refractivity contribution in [2.75, 3.05) is 12.4 Å². The van der Waals surface area contributed by atoms with Crippen LogP contribution in [0.3, 0.4) is 0 Å². The van der Waals surface area contributed by atoms with Crippen LogP contribution in [0, 0.1) is 0 Å². The number of nitrogens with zero attached hydrogens (tertiary/aromatic N) is 1. The minimum atomic E-state index is 0.150. The fourth-order valence-corrected chi connectivity index (χ4v) is 2.40. The molecular formula is C14H22N2O2. The van der Waals surface area contributed by atoms with E-state index in [4.69, 9.17) is 9.47 Å². The molecule has 0 saturated heterocycles. The van der Waals surface area contributed by atoms with Crippen molar-refractivity contribution in [3.63, 3.8) is 0 Å². The zero-order valence-electron chi connectivity index (χ0n) is 11.3. The third-order valence-electron chi connectivity index (χ3n) is 3.21. The first-order valence-electron chi connectivity index (χ1n) is 6.61. The van der Waals surface area contributed by atoms with Crippen LogP contribution in [0.15, 0.2) is 18.3 Å². The van der Waals surface area contributed by atoms with Crippen molar-refractivity contribution in [3.8, 4) is 5.75 Å². The minimum absolute atomic E-state index is 0.150. The molecule has 1 N–H and O–H groups in total. The predicted molar refractivity (Wildman–Crippen MR) is 72.1 cm³/mol. The fourth-order valence-electron chi connectivity index (χ4n) is 2.40. The van der Waals surface area contributed by atoms with Crippen molar-refractivity contribution in [2.45, 2.75) is 51.4 Å². The number of methoxy groups -OCH3 is 1. The Hall–Kier alpha value is -1.29. The molecule has 2 unspecified atom stereocenters. The van der Waals surface area contributed by atoms with Gasteiger partial charge in [0.2, 0.25) is 0 Å². The molecule has 1 saturated carbocycles. The monoisotopic (exact) mass is 250 g/mol. The average molecular weight is 250 g/mol. The summed E-state index contributed by atoms with van der Waals surface area (Å²) in [5.74, 6) is 1.63. The largest absolute Gasteiger partial charge is 0.487 e. The Labute approximate surface area is 109 Å². The minimum Gasteiger partial charge on any atom is -0.487 e. The SMILES string of the molecule is COC1CCCC1Nc1ncccc1OC(C)C. The van der Waals surface area contributed by atoms with Crippen molar-refractivity contribution in [1.29, 1.82) is 0 Å². The van der Waals surface area contributed by atoms with E-state index in [2.05, 4.69) is 10.3 Å². The molecule has 0 bridgehead atoms.